The molecule has 0 aromatic rings. The molecule has 8 heavy (non-hydrogen) atoms. The smallest absolute Gasteiger partial charge is 0.426 e. The molecule has 0 saturated heterocycles. The van der Waals surface area contributed by atoms with Gasteiger partial charge in [-0.2, -0.15) is 0 Å². The molecule has 0 saturated carbocycles. The Morgan fingerprint density at radius 3 is 2.00 bits per heavy atom. The van der Waals surface area contributed by atoms with Gasteiger partial charge in [-0.25, -0.2) is 0 Å². The predicted molar refractivity (Wildman–Crippen MR) is 37.8 cm³/mol. The van der Waals surface area contributed by atoms with Crippen molar-refractivity contribution < 1.29 is 10.0 Å². The van der Waals surface area contributed by atoms with Gasteiger partial charge in [0.1, 0.15) is 0 Å². The van der Waals surface area contributed by atoms with Crippen LogP contribution in [0, 0.1) is 0 Å². The average Bonchev–Trinajstić information content (AvgIpc) is 1.67. The molecule has 0 heterocycles. The Morgan fingerprint density at radius 1 is 1.62 bits per heavy atom. The van der Waals surface area contributed by atoms with E-state index in [1.165, 1.54) is 0 Å². The number of alkyl halides is 1. The van der Waals surface area contributed by atoms with Gasteiger partial charge in [-0.15, -0.1) is 0 Å². The highest BCUT2D eigenvalue weighted by molar-refractivity contribution is 9.10. The maximum atomic E-state index is 8.59. The first-order valence-corrected chi connectivity index (χ1v) is 3.35. The van der Waals surface area contributed by atoms with E-state index in [1.54, 1.807) is 6.92 Å². The summed E-state index contributed by atoms with van der Waals surface area (Å²) in [4.78, 5) is 0. The molecule has 48 valence electrons. The summed E-state index contributed by atoms with van der Waals surface area (Å²) in [7, 11) is -1.27. The normalized spacial score (nSPS) is 17.6. The van der Waals surface area contributed by atoms with Crippen LogP contribution in [0.1, 0.15) is 20.3 Å². The Morgan fingerprint density at radius 2 is 2.00 bits per heavy atom. The van der Waals surface area contributed by atoms with Crippen LogP contribution in [0.25, 0.3) is 0 Å². The highest BCUT2D eigenvalue weighted by Crippen LogP contribution is 2.21. The fourth-order valence-corrected chi connectivity index (χ4v) is 0.183. The van der Waals surface area contributed by atoms with Gasteiger partial charge in [0, 0.05) is 0 Å². The van der Waals surface area contributed by atoms with Crippen LogP contribution in [0.2, 0.25) is 0 Å². The molecule has 1 atom stereocenters. The molecule has 0 aliphatic carbocycles. The molecule has 0 aromatic heterocycles. The van der Waals surface area contributed by atoms with Crippen molar-refractivity contribution >= 4 is 23.0 Å². The van der Waals surface area contributed by atoms with Crippen LogP contribution in [-0.2, 0) is 0 Å². The Bertz CT molecular complexity index is 74.4. The van der Waals surface area contributed by atoms with E-state index in [0.717, 1.165) is 0 Å². The van der Waals surface area contributed by atoms with E-state index in [9.17, 15) is 0 Å². The maximum Gasteiger partial charge on any atom is 0.469 e. The van der Waals surface area contributed by atoms with Crippen LogP contribution in [-0.4, -0.2) is 21.4 Å². The van der Waals surface area contributed by atoms with Gasteiger partial charge in [0.05, 0.1) is 4.22 Å². The molecule has 4 heteroatoms. The molecule has 2 nitrogen and oxygen atoms in total. The first kappa shape index (κ1) is 8.46. The monoisotopic (exact) mass is 180 g/mol. The van der Waals surface area contributed by atoms with Gasteiger partial charge in [0.15, 0.2) is 0 Å². The van der Waals surface area contributed by atoms with Gasteiger partial charge >= 0.3 is 7.12 Å². The molecular weight excluding hydrogens is 171 g/mol. The Kier molecular flexibility index (Phi) is 3.01. The van der Waals surface area contributed by atoms with Gasteiger partial charge in [-0.3, -0.25) is 0 Å². The van der Waals surface area contributed by atoms with E-state index in [-0.39, 0.29) is 0 Å². The molecule has 0 radical (unpaired) electrons. The summed E-state index contributed by atoms with van der Waals surface area (Å²) < 4.78 is -0.535. The molecule has 0 rings (SSSR count). The van der Waals surface area contributed by atoms with Gasteiger partial charge in [0.2, 0.25) is 0 Å². The number of hydrogen-bond donors (Lipinski definition) is 2. The second kappa shape index (κ2) is 2.85. The minimum absolute atomic E-state index is 0.535. The lowest BCUT2D eigenvalue weighted by atomic mass is 9.72. The van der Waals surface area contributed by atoms with Gasteiger partial charge < -0.3 is 10.0 Å². The fourth-order valence-electron chi connectivity index (χ4n) is 0.183. The van der Waals surface area contributed by atoms with Crippen molar-refractivity contribution in [2.24, 2.45) is 0 Å². The SMILES string of the molecule is CCC(C)(Br)B(O)O. The molecule has 0 spiro atoms. The van der Waals surface area contributed by atoms with E-state index in [4.69, 9.17) is 10.0 Å². The molecule has 0 bridgehead atoms. The zero-order chi connectivity index (χ0) is 6.78. The summed E-state index contributed by atoms with van der Waals surface area (Å²) in [6, 6.07) is 0. The minimum atomic E-state index is -1.27. The first-order chi connectivity index (χ1) is 3.50. The third-order valence-corrected chi connectivity index (χ3v) is 2.20. The molecule has 0 aliphatic heterocycles. The van der Waals surface area contributed by atoms with Crippen molar-refractivity contribution in [3.63, 3.8) is 0 Å². The zero-order valence-electron chi connectivity index (χ0n) is 5.06. The molecule has 0 fully saturated rings. The van der Waals surface area contributed by atoms with Gasteiger partial charge in [0.25, 0.3) is 0 Å². The van der Waals surface area contributed by atoms with Crippen LogP contribution in [0.3, 0.4) is 0 Å². The van der Waals surface area contributed by atoms with Crippen LogP contribution >= 0.6 is 15.9 Å². The molecule has 0 amide bonds. The first-order valence-electron chi connectivity index (χ1n) is 2.55. The molecule has 0 aliphatic rings. The van der Waals surface area contributed by atoms with Crippen molar-refractivity contribution in [1.82, 2.24) is 0 Å². The second-order valence-electron chi connectivity index (χ2n) is 2.01. The van der Waals surface area contributed by atoms with Crippen molar-refractivity contribution in [1.29, 1.82) is 0 Å². The summed E-state index contributed by atoms with van der Waals surface area (Å²) in [5.41, 5.74) is 0. The lowest BCUT2D eigenvalue weighted by Gasteiger charge is -2.17. The third-order valence-electron chi connectivity index (χ3n) is 1.23. The van der Waals surface area contributed by atoms with Crippen molar-refractivity contribution in [2.75, 3.05) is 0 Å². The quantitative estimate of drug-likeness (QED) is 0.482. The Labute approximate surface area is 58.2 Å². The van der Waals surface area contributed by atoms with E-state index in [1.807, 2.05) is 6.92 Å². The Balaban J connectivity index is 3.71. The predicted octanol–water partition coefficient (Wildman–Crippen LogP) is 0.562. The number of hydrogen-bond acceptors (Lipinski definition) is 2. The number of rotatable bonds is 2. The second-order valence-corrected chi connectivity index (χ2v) is 3.82. The highest BCUT2D eigenvalue weighted by atomic mass is 79.9. The highest BCUT2D eigenvalue weighted by Gasteiger charge is 2.32. The standard InChI is InChI=1S/C4H10BBrO2/c1-3-4(2,6)5(7)8/h7-8H,3H2,1-2H3. The summed E-state index contributed by atoms with van der Waals surface area (Å²) in [5, 5.41) is 17.2. The lowest BCUT2D eigenvalue weighted by molar-refractivity contribution is 0.381. The molecular formula is C4H10BBrO2. The van der Waals surface area contributed by atoms with E-state index >= 15 is 0 Å². The fraction of sp³-hybridized carbons (Fsp3) is 1.00. The third kappa shape index (κ3) is 2.16. The summed E-state index contributed by atoms with van der Waals surface area (Å²) in [6.07, 6.45) is 0.699. The summed E-state index contributed by atoms with van der Waals surface area (Å²) >= 11 is 3.15. The molecule has 0 aromatic carbocycles. The van der Waals surface area contributed by atoms with Gasteiger partial charge in [-0.1, -0.05) is 29.8 Å². The summed E-state index contributed by atoms with van der Waals surface area (Å²) in [6.45, 7) is 3.62. The van der Waals surface area contributed by atoms with E-state index < -0.39 is 11.3 Å². The van der Waals surface area contributed by atoms with Gasteiger partial charge in [-0.05, 0) is 6.42 Å². The van der Waals surface area contributed by atoms with Crippen LogP contribution in [0.5, 0.6) is 0 Å². The van der Waals surface area contributed by atoms with Crippen molar-refractivity contribution in [3.8, 4) is 0 Å². The molecule has 1 unspecified atom stereocenters. The topological polar surface area (TPSA) is 40.5 Å². The maximum absolute atomic E-state index is 8.59. The summed E-state index contributed by atoms with van der Waals surface area (Å²) in [5.74, 6) is 0. The largest absolute Gasteiger partial charge is 0.469 e. The molecule has 2 N–H and O–H groups in total. The van der Waals surface area contributed by atoms with Crippen LogP contribution < -0.4 is 0 Å². The Hall–Kier alpha value is 0.465. The van der Waals surface area contributed by atoms with Crippen LogP contribution in [0.4, 0.5) is 0 Å². The van der Waals surface area contributed by atoms with Crippen LogP contribution in [0.15, 0.2) is 0 Å². The number of halogens is 1. The minimum Gasteiger partial charge on any atom is -0.426 e. The van der Waals surface area contributed by atoms with Crippen molar-refractivity contribution in [3.05, 3.63) is 0 Å². The van der Waals surface area contributed by atoms with Crippen molar-refractivity contribution in [2.45, 2.75) is 24.5 Å². The zero-order valence-corrected chi connectivity index (χ0v) is 6.64. The lowest BCUT2D eigenvalue weighted by Crippen LogP contribution is -2.37. The average molecular weight is 181 g/mol. The van der Waals surface area contributed by atoms with E-state index in [2.05, 4.69) is 15.9 Å². The van der Waals surface area contributed by atoms with E-state index in [0.29, 0.717) is 6.42 Å².